The molecule has 0 aliphatic carbocycles. The standard InChI is InChI=1S/C31H32N8O2/c1-4-32-13-21-14-33-16-25(18(21)2)19-5-8-26-24(11-19)29(39-38-26)30-36-17-28(37-30)31(40)34-10-9-20-15-35-27-12-22(41-3)6-7-23(20)27/h5-8,11-12,14-17,32,35H,4,9-10,13H2,1-3H3,(H,34,40)(H,36,37)(H,38,39). The number of nitrogens with zero attached hydrogens (tertiary/aromatic N) is 3. The third-order valence-electron chi connectivity index (χ3n) is 7.46. The van der Waals surface area contributed by atoms with Crippen molar-refractivity contribution in [3.63, 3.8) is 0 Å². The summed E-state index contributed by atoms with van der Waals surface area (Å²) in [6.45, 7) is 6.38. The van der Waals surface area contributed by atoms with E-state index in [2.05, 4.69) is 66.7 Å². The molecule has 0 aliphatic heterocycles. The van der Waals surface area contributed by atoms with Crippen molar-refractivity contribution in [2.45, 2.75) is 26.8 Å². The zero-order valence-electron chi connectivity index (χ0n) is 23.3. The first-order valence-corrected chi connectivity index (χ1v) is 13.7. The number of methoxy groups -OCH3 is 1. The highest BCUT2D eigenvalue weighted by Crippen LogP contribution is 2.31. The average Bonchev–Trinajstić information content (AvgIpc) is 3.74. The van der Waals surface area contributed by atoms with Crippen LogP contribution >= 0.6 is 0 Å². The van der Waals surface area contributed by atoms with Crippen LogP contribution in [0.3, 0.4) is 0 Å². The summed E-state index contributed by atoms with van der Waals surface area (Å²) in [6, 6.07) is 12.1. The highest BCUT2D eigenvalue weighted by atomic mass is 16.5. The summed E-state index contributed by atoms with van der Waals surface area (Å²) >= 11 is 0. The van der Waals surface area contributed by atoms with E-state index >= 15 is 0 Å². The summed E-state index contributed by atoms with van der Waals surface area (Å²) < 4.78 is 5.29. The summed E-state index contributed by atoms with van der Waals surface area (Å²) in [5.41, 5.74) is 8.54. The van der Waals surface area contributed by atoms with Crippen molar-refractivity contribution in [3.05, 3.63) is 83.6 Å². The van der Waals surface area contributed by atoms with Crippen molar-refractivity contribution in [2.24, 2.45) is 0 Å². The first kappa shape index (κ1) is 26.3. The number of hydrogen-bond donors (Lipinski definition) is 5. The third kappa shape index (κ3) is 5.17. The van der Waals surface area contributed by atoms with Crippen LogP contribution in [0.2, 0.25) is 0 Å². The lowest BCUT2D eigenvalue weighted by Gasteiger charge is -2.11. The van der Waals surface area contributed by atoms with E-state index in [4.69, 9.17) is 4.74 Å². The van der Waals surface area contributed by atoms with Gasteiger partial charge in [-0.2, -0.15) is 5.10 Å². The molecule has 0 aliphatic rings. The Labute approximate surface area is 237 Å². The molecule has 0 atom stereocenters. The third-order valence-corrected chi connectivity index (χ3v) is 7.46. The molecule has 41 heavy (non-hydrogen) atoms. The van der Waals surface area contributed by atoms with Crippen molar-refractivity contribution in [3.8, 4) is 28.4 Å². The Bertz CT molecular complexity index is 1850. The summed E-state index contributed by atoms with van der Waals surface area (Å²) in [7, 11) is 1.65. The first-order chi connectivity index (χ1) is 20.1. The number of carbonyl (C=O) groups excluding carboxylic acids is 1. The molecular formula is C31H32N8O2. The van der Waals surface area contributed by atoms with Crippen LogP contribution in [0.15, 0.2) is 61.2 Å². The van der Waals surface area contributed by atoms with E-state index < -0.39 is 0 Å². The van der Waals surface area contributed by atoms with Gasteiger partial charge in [-0.15, -0.1) is 0 Å². The molecule has 0 unspecified atom stereocenters. The summed E-state index contributed by atoms with van der Waals surface area (Å²) in [4.78, 5) is 28.3. The molecule has 6 aromatic rings. The van der Waals surface area contributed by atoms with E-state index in [1.165, 1.54) is 11.1 Å². The van der Waals surface area contributed by atoms with Crippen LogP contribution in [0.5, 0.6) is 5.75 Å². The maximum Gasteiger partial charge on any atom is 0.269 e. The summed E-state index contributed by atoms with van der Waals surface area (Å²) in [5, 5.41) is 16.0. The zero-order chi connectivity index (χ0) is 28.3. The number of rotatable bonds is 10. The number of amides is 1. The van der Waals surface area contributed by atoms with Crippen molar-refractivity contribution in [1.82, 2.24) is 40.8 Å². The van der Waals surface area contributed by atoms with E-state index in [1.54, 1.807) is 13.3 Å². The normalized spacial score (nSPS) is 11.4. The van der Waals surface area contributed by atoms with Gasteiger partial charge < -0.3 is 25.3 Å². The molecule has 0 saturated carbocycles. The quantitative estimate of drug-likeness (QED) is 0.165. The predicted octanol–water partition coefficient (Wildman–Crippen LogP) is 4.90. The molecular weight excluding hydrogens is 516 g/mol. The molecule has 2 aromatic carbocycles. The molecule has 0 fully saturated rings. The van der Waals surface area contributed by atoms with Crippen LogP contribution in [0.1, 0.15) is 34.1 Å². The topological polar surface area (TPSA) is 136 Å². The molecule has 10 heteroatoms. The fourth-order valence-electron chi connectivity index (χ4n) is 5.12. The number of benzene rings is 2. The molecule has 208 valence electrons. The second-order valence-electron chi connectivity index (χ2n) is 9.96. The van der Waals surface area contributed by atoms with E-state index in [-0.39, 0.29) is 5.91 Å². The summed E-state index contributed by atoms with van der Waals surface area (Å²) in [6.07, 6.45) is 8.02. The van der Waals surface area contributed by atoms with E-state index in [0.717, 1.165) is 57.3 Å². The maximum absolute atomic E-state index is 12.9. The zero-order valence-corrected chi connectivity index (χ0v) is 23.3. The average molecular weight is 549 g/mol. The molecule has 1 amide bonds. The number of aromatic nitrogens is 6. The number of ether oxygens (including phenoxy) is 1. The molecule has 0 radical (unpaired) electrons. The minimum absolute atomic E-state index is 0.218. The van der Waals surface area contributed by atoms with Crippen molar-refractivity contribution in [1.29, 1.82) is 0 Å². The number of imidazole rings is 1. The molecule has 4 heterocycles. The van der Waals surface area contributed by atoms with Crippen LogP contribution in [0.4, 0.5) is 0 Å². The number of fused-ring (bicyclic) bond motifs is 2. The van der Waals surface area contributed by atoms with Gasteiger partial charge in [0.1, 0.15) is 17.1 Å². The Hall–Kier alpha value is -4.96. The van der Waals surface area contributed by atoms with Gasteiger partial charge in [0.2, 0.25) is 0 Å². The number of nitrogens with one attached hydrogen (secondary N) is 5. The fraction of sp³-hybridized carbons (Fsp3) is 0.226. The monoisotopic (exact) mass is 548 g/mol. The second kappa shape index (κ2) is 11.3. The maximum atomic E-state index is 12.9. The van der Waals surface area contributed by atoms with Crippen LogP contribution < -0.4 is 15.4 Å². The number of aromatic amines is 3. The van der Waals surface area contributed by atoms with E-state index in [1.807, 2.05) is 42.9 Å². The molecule has 5 N–H and O–H groups in total. The minimum Gasteiger partial charge on any atom is -0.497 e. The Morgan fingerprint density at radius 1 is 1.02 bits per heavy atom. The van der Waals surface area contributed by atoms with Gasteiger partial charge in [0.15, 0.2) is 5.82 Å². The van der Waals surface area contributed by atoms with Crippen LogP contribution in [-0.4, -0.2) is 56.2 Å². The Morgan fingerprint density at radius 2 is 1.93 bits per heavy atom. The van der Waals surface area contributed by atoms with Gasteiger partial charge in [0.05, 0.1) is 18.8 Å². The van der Waals surface area contributed by atoms with Crippen molar-refractivity contribution in [2.75, 3.05) is 20.2 Å². The number of carbonyl (C=O) groups is 1. The van der Waals surface area contributed by atoms with E-state index in [0.29, 0.717) is 30.2 Å². The molecule has 4 aromatic heterocycles. The van der Waals surface area contributed by atoms with Gasteiger partial charge in [0.25, 0.3) is 5.91 Å². The fourth-order valence-corrected chi connectivity index (χ4v) is 5.12. The lowest BCUT2D eigenvalue weighted by Crippen LogP contribution is -2.25. The SMILES string of the molecule is CCNCc1cncc(-c2ccc3[nH]nc(-c4ncc(C(=O)NCCc5c[nH]c6cc(OC)ccc56)[nH]4)c3c2)c1C. The Morgan fingerprint density at radius 3 is 2.78 bits per heavy atom. The lowest BCUT2D eigenvalue weighted by atomic mass is 9.98. The Kier molecular flexibility index (Phi) is 7.22. The van der Waals surface area contributed by atoms with Crippen molar-refractivity contribution < 1.29 is 9.53 Å². The van der Waals surface area contributed by atoms with Gasteiger partial charge in [-0.1, -0.05) is 13.0 Å². The first-order valence-electron chi connectivity index (χ1n) is 13.7. The van der Waals surface area contributed by atoms with Gasteiger partial charge in [-0.25, -0.2) is 4.98 Å². The summed E-state index contributed by atoms with van der Waals surface area (Å²) in [5.74, 6) is 1.11. The van der Waals surface area contributed by atoms with Gasteiger partial charge in [0, 0.05) is 59.6 Å². The largest absolute Gasteiger partial charge is 0.497 e. The van der Waals surface area contributed by atoms with Crippen LogP contribution in [-0.2, 0) is 13.0 Å². The van der Waals surface area contributed by atoms with E-state index in [9.17, 15) is 4.79 Å². The van der Waals surface area contributed by atoms with Gasteiger partial charge in [-0.05, 0) is 66.4 Å². The highest BCUT2D eigenvalue weighted by molar-refractivity contribution is 5.96. The highest BCUT2D eigenvalue weighted by Gasteiger charge is 2.17. The minimum atomic E-state index is -0.218. The number of hydrogen-bond acceptors (Lipinski definition) is 6. The predicted molar refractivity (Wildman–Crippen MR) is 160 cm³/mol. The van der Waals surface area contributed by atoms with Gasteiger partial charge >= 0.3 is 0 Å². The lowest BCUT2D eigenvalue weighted by molar-refractivity contribution is 0.0949. The number of pyridine rings is 1. The number of H-pyrrole nitrogens is 3. The van der Waals surface area contributed by atoms with Crippen molar-refractivity contribution >= 4 is 27.7 Å². The molecule has 6 rings (SSSR count). The van der Waals surface area contributed by atoms with Crippen LogP contribution in [0, 0.1) is 6.92 Å². The Balaban J connectivity index is 1.18. The van der Waals surface area contributed by atoms with Crippen LogP contribution in [0.25, 0.3) is 44.5 Å². The molecule has 0 bridgehead atoms. The molecule has 10 nitrogen and oxygen atoms in total. The molecule has 0 spiro atoms. The molecule has 0 saturated heterocycles. The smallest absolute Gasteiger partial charge is 0.269 e. The second-order valence-corrected chi connectivity index (χ2v) is 9.96. The van der Waals surface area contributed by atoms with Gasteiger partial charge in [-0.3, -0.25) is 14.9 Å².